The molecule has 1 fully saturated rings. The molecule has 1 saturated carbocycles. The molecule has 4 rings (SSSR count). The van der Waals surface area contributed by atoms with Gasteiger partial charge in [0.1, 0.15) is 0 Å². The zero-order valence-electron chi connectivity index (χ0n) is 21.8. The van der Waals surface area contributed by atoms with Crippen LogP contribution in [0.4, 0.5) is 0 Å². The third-order valence-electron chi connectivity index (χ3n) is 6.27. The fourth-order valence-electron chi connectivity index (χ4n) is 4.40. The van der Waals surface area contributed by atoms with Crippen LogP contribution in [0, 0.1) is 0 Å². The average molecular weight is 515 g/mol. The normalized spacial score (nSPS) is 17.3. The lowest BCUT2D eigenvalue weighted by Crippen LogP contribution is -2.39. The molecule has 0 saturated heterocycles. The van der Waals surface area contributed by atoms with Crippen molar-refractivity contribution in [3.63, 3.8) is 0 Å². The number of amides is 1. The summed E-state index contributed by atoms with van der Waals surface area (Å²) in [5, 5.41) is 3.07. The van der Waals surface area contributed by atoms with Crippen LogP contribution in [-0.4, -0.2) is 51.2 Å². The van der Waals surface area contributed by atoms with Crippen LogP contribution in [0.25, 0.3) is 12.2 Å². The maximum Gasteiger partial charge on any atom is 0.253 e. The number of carbonyl (C=O) groups excluding carboxylic acids is 2. The predicted octanol–water partition coefficient (Wildman–Crippen LogP) is 4.74. The van der Waals surface area contributed by atoms with Crippen LogP contribution in [0.5, 0.6) is 23.0 Å². The number of benzene rings is 2. The van der Waals surface area contributed by atoms with E-state index >= 15 is 0 Å². The summed E-state index contributed by atoms with van der Waals surface area (Å²) in [6.45, 7) is 0. The van der Waals surface area contributed by atoms with E-state index in [0.717, 1.165) is 11.1 Å². The molecule has 0 aliphatic heterocycles. The number of nitrogens with one attached hydrogen (secondary N) is 1. The van der Waals surface area contributed by atoms with Gasteiger partial charge in [0, 0.05) is 29.6 Å². The van der Waals surface area contributed by atoms with Crippen LogP contribution in [0.1, 0.15) is 34.3 Å². The molecule has 1 aromatic heterocycles. The number of hydrogen-bond donors (Lipinski definition) is 1. The molecular formula is C30H30N2O6. The summed E-state index contributed by atoms with van der Waals surface area (Å²) >= 11 is 0. The van der Waals surface area contributed by atoms with E-state index in [4.69, 9.17) is 18.9 Å². The van der Waals surface area contributed by atoms with Crippen molar-refractivity contribution in [2.45, 2.75) is 18.9 Å². The SMILES string of the molecule is COc1ccc(/C=C2\CC(NC(=O)c3cccnc3)C/C(=C\c3ccc(OC)c(OC)c3)C2=O)cc1OC. The second-order valence-corrected chi connectivity index (χ2v) is 8.72. The Morgan fingerprint density at radius 1 is 0.816 bits per heavy atom. The van der Waals surface area contributed by atoms with Gasteiger partial charge in [-0.05, 0) is 72.5 Å². The first-order valence-corrected chi connectivity index (χ1v) is 12.1. The Kier molecular flexibility index (Phi) is 8.43. The molecule has 196 valence electrons. The first-order valence-electron chi connectivity index (χ1n) is 12.1. The second kappa shape index (κ2) is 12.1. The number of nitrogens with zero attached hydrogens (tertiary/aromatic N) is 1. The lowest BCUT2D eigenvalue weighted by Gasteiger charge is -2.27. The van der Waals surface area contributed by atoms with Gasteiger partial charge in [0.15, 0.2) is 28.8 Å². The number of hydrogen-bond acceptors (Lipinski definition) is 7. The molecule has 1 heterocycles. The Morgan fingerprint density at radius 3 is 1.79 bits per heavy atom. The molecule has 0 radical (unpaired) electrons. The Labute approximate surface area is 221 Å². The average Bonchev–Trinajstić information content (AvgIpc) is 2.95. The van der Waals surface area contributed by atoms with Crippen molar-refractivity contribution < 1.29 is 28.5 Å². The number of methoxy groups -OCH3 is 4. The van der Waals surface area contributed by atoms with E-state index < -0.39 is 0 Å². The van der Waals surface area contributed by atoms with Crippen molar-refractivity contribution in [3.8, 4) is 23.0 Å². The van der Waals surface area contributed by atoms with E-state index in [-0.39, 0.29) is 17.7 Å². The van der Waals surface area contributed by atoms with E-state index in [1.165, 1.54) is 6.20 Å². The first kappa shape index (κ1) is 26.5. The molecule has 3 aromatic rings. The van der Waals surface area contributed by atoms with Crippen LogP contribution in [0.15, 0.2) is 72.1 Å². The Hall–Kier alpha value is -4.59. The molecule has 1 N–H and O–H groups in total. The van der Waals surface area contributed by atoms with Crippen molar-refractivity contribution in [2.24, 2.45) is 0 Å². The van der Waals surface area contributed by atoms with Crippen LogP contribution in [-0.2, 0) is 4.79 Å². The summed E-state index contributed by atoms with van der Waals surface area (Å²) < 4.78 is 21.5. The fraction of sp³-hybridized carbons (Fsp3) is 0.233. The maximum absolute atomic E-state index is 13.6. The standard InChI is InChI=1S/C30H30N2O6/c1-35-25-9-7-19(14-27(25)37-3)12-22-16-24(32-30(34)21-6-5-11-31-18-21)17-23(29(22)33)13-20-8-10-26(36-2)28(15-20)38-4/h5-15,18,24H,16-17H2,1-4H3,(H,32,34)/b22-12+,23-13+. The van der Waals surface area contributed by atoms with E-state index in [1.807, 2.05) is 36.4 Å². The highest BCUT2D eigenvalue weighted by molar-refractivity contribution is 6.14. The number of carbonyl (C=O) groups is 2. The number of aromatic nitrogens is 1. The number of ether oxygens (including phenoxy) is 4. The number of ketones is 1. The van der Waals surface area contributed by atoms with Crippen molar-refractivity contribution in [2.75, 3.05) is 28.4 Å². The van der Waals surface area contributed by atoms with Crippen LogP contribution in [0.3, 0.4) is 0 Å². The Bertz CT molecular complexity index is 1300. The molecule has 0 atom stereocenters. The van der Waals surface area contributed by atoms with Gasteiger partial charge in [-0.15, -0.1) is 0 Å². The van der Waals surface area contributed by atoms with Crippen molar-refractivity contribution in [1.29, 1.82) is 0 Å². The molecule has 0 spiro atoms. The summed E-state index contributed by atoms with van der Waals surface area (Å²) in [6.07, 6.45) is 7.54. The molecule has 2 aromatic carbocycles. The van der Waals surface area contributed by atoms with E-state index in [0.29, 0.717) is 52.5 Å². The van der Waals surface area contributed by atoms with Crippen molar-refractivity contribution in [1.82, 2.24) is 10.3 Å². The van der Waals surface area contributed by atoms with Crippen molar-refractivity contribution in [3.05, 3.63) is 88.8 Å². The predicted molar refractivity (Wildman–Crippen MR) is 145 cm³/mol. The molecule has 8 nitrogen and oxygen atoms in total. The third kappa shape index (κ3) is 6.03. The van der Waals surface area contributed by atoms with Gasteiger partial charge in [-0.25, -0.2) is 0 Å². The zero-order chi connectivity index (χ0) is 27.1. The minimum absolute atomic E-state index is 0.0820. The highest BCUT2D eigenvalue weighted by atomic mass is 16.5. The lowest BCUT2D eigenvalue weighted by molar-refractivity contribution is -0.113. The third-order valence-corrected chi connectivity index (χ3v) is 6.27. The largest absolute Gasteiger partial charge is 0.493 e. The first-order chi connectivity index (χ1) is 18.4. The second-order valence-electron chi connectivity index (χ2n) is 8.72. The topological polar surface area (TPSA) is 96.0 Å². The molecule has 8 heteroatoms. The van der Waals surface area contributed by atoms with Gasteiger partial charge in [0.2, 0.25) is 0 Å². The summed E-state index contributed by atoms with van der Waals surface area (Å²) in [6, 6.07) is 14.1. The molecule has 1 aliphatic rings. The zero-order valence-corrected chi connectivity index (χ0v) is 21.8. The summed E-state index contributed by atoms with van der Waals surface area (Å²) in [4.78, 5) is 30.5. The smallest absolute Gasteiger partial charge is 0.253 e. The summed E-state index contributed by atoms with van der Waals surface area (Å²) in [5.74, 6) is 2.00. The minimum atomic E-state index is -0.293. The fourth-order valence-corrected chi connectivity index (χ4v) is 4.40. The Balaban J connectivity index is 1.70. The highest BCUT2D eigenvalue weighted by Gasteiger charge is 2.29. The van der Waals surface area contributed by atoms with E-state index in [9.17, 15) is 9.59 Å². The van der Waals surface area contributed by atoms with Crippen LogP contribution >= 0.6 is 0 Å². The van der Waals surface area contributed by atoms with E-state index in [1.54, 1.807) is 58.9 Å². The van der Waals surface area contributed by atoms with E-state index in [2.05, 4.69) is 10.3 Å². The molecule has 0 unspecified atom stereocenters. The van der Waals surface area contributed by atoms with Gasteiger partial charge >= 0.3 is 0 Å². The van der Waals surface area contributed by atoms with Gasteiger partial charge < -0.3 is 24.3 Å². The lowest BCUT2D eigenvalue weighted by atomic mass is 9.83. The van der Waals surface area contributed by atoms with Crippen molar-refractivity contribution >= 4 is 23.8 Å². The molecule has 0 bridgehead atoms. The number of Topliss-reactive ketones (excluding diaryl/α,β-unsaturated/α-hetero) is 1. The Morgan fingerprint density at radius 2 is 1.34 bits per heavy atom. The maximum atomic E-state index is 13.6. The number of rotatable bonds is 8. The van der Waals surface area contributed by atoms with Gasteiger partial charge in [-0.1, -0.05) is 12.1 Å². The minimum Gasteiger partial charge on any atom is -0.493 e. The highest BCUT2D eigenvalue weighted by Crippen LogP contribution is 2.33. The molecule has 1 amide bonds. The van der Waals surface area contributed by atoms with Gasteiger partial charge in [0.25, 0.3) is 5.91 Å². The van der Waals surface area contributed by atoms with Gasteiger partial charge in [0.05, 0.1) is 34.0 Å². The number of pyridine rings is 1. The van der Waals surface area contributed by atoms with Crippen LogP contribution in [0.2, 0.25) is 0 Å². The molecule has 1 aliphatic carbocycles. The summed E-state index contributed by atoms with van der Waals surface area (Å²) in [5.41, 5.74) is 3.19. The van der Waals surface area contributed by atoms with Gasteiger partial charge in [-0.2, -0.15) is 0 Å². The summed E-state index contributed by atoms with van der Waals surface area (Å²) in [7, 11) is 6.27. The monoisotopic (exact) mass is 514 g/mol. The molecular weight excluding hydrogens is 484 g/mol. The quantitative estimate of drug-likeness (QED) is 0.434. The van der Waals surface area contributed by atoms with Crippen LogP contribution < -0.4 is 24.3 Å². The molecule has 38 heavy (non-hydrogen) atoms. The van der Waals surface area contributed by atoms with Gasteiger partial charge in [-0.3, -0.25) is 14.6 Å².